The molecular weight excluding hydrogens is 310 g/mol. The molecule has 0 amide bonds. The van der Waals surface area contributed by atoms with Crippen LogP contribution in [0.1, 0.15) is 24.5 Å². The number of methoxy groups -OCH3 is 2. The van der Waals surface area contributed by atoms with Crippen LogP contribution in [0.15, 0.2) is 48.5 Å². The second-order valence-corrected chi connectivity index (χ2v) is 5.46. The van der Waals surface area contributed by atoms with E-state index in [0.29, 0.717) is 6.04 Å². The van der Waals surface area contributed by atoms with E-state index in [1.54, 1.807) is 14.2 Å². The maximum atomic E-state index is 5.46. The average Bonchev–Trinajstić information content (AvgIpc) is 2.58. The fraction of sp³-hybridized carbons (Fsp3) is 0.368. The van der Waals surface area contributed by atoms with E-state index in [9.17, 15) is 0 Å². The molecular formula is C19H26ClNO2. The smallest absolute Gasteiger partial charge is 0.165 e. The highest BCUT2D eigenvalue weighted by Crippen LogP contribution is 2.30. The van der Waals surface area contributed by atoms with Crippen LogP contribution < -0.4 is 14.8 Å². The number of para-hydroxylation sites is 1. The molecule has 0 bridgehead atoms. The number of rotatable bonds is 8. The molecule has 0 radical (unpaired) electrons. The lowest BCUT2D eigenvalue weighted by Gasteiger charge is -2.17. The van der Waals surface area contributed by atoms with Gasteiger partial charge in [0, 0.05) is 18.2 Å². The maximum Gasteiger partial charge on any atom is 0.165 e. The average molecular weight is 336 g/mol. The first-order valence-electron chi connectivity index (χ1n) is 7.71. The summed E-state index contributed by atoms with van der Waals surface area (Å²) in [5, 5.41) is 3.56. The molecule has 23 heavy (non-hydrogen) atoms. The lowest BCUT2D eigenvalue weighted by molar-refractivity contribution is 0.349. The van der Waals surface area contributed by atoms with Gasteiger partial charge in [-0.3, -0.25) is 0 Å². The van der Waals surface area contributed by atoms with Crippen LogP contribution in [0.4, 0.5) is 0 Å². The van der Waals surface area contributed by atoms with Gasteiger partial charge in [-0.05, 0) is 31.4 Å². The largest absolute Gasteiger partial charge is 0.493 e. The summed E-state index contributed by atoms with van der Waals surface area (Å²) >= 11 is 0. The first-order chi connectivity index (χ1) is 10.7. The monoisotopic (exact) mass is 335 g/mol. The van der Waals surface area contributed by atoms with E-state index in [0.717, 1.165) is 36.4 Å². The van der Waals surface area contributed by atoms with Gasteiger partial charge in [0.2, 0.25) is 0 Å². The number of ether oxygens (including phenoxy) is 2. The van der Waals surface area contributed by atoms with E-state index in [4.69, 9.17) is 9.47 Å². The Morgan fingerprint density at radius 3 is 2.35 bits per heavy atom. The van der Waals surface area contributed by atoms with Gasteiger partial charge >= 0.3 is 0 Å². The van der Waals surface area contributed by atoms with Crippen molar-refractivity contribution < 1.29 is 9.47 Å². The number of halogens is 1. The minimum Gasteiger partial charge on any atom is -0.493 e. The molecule has 3 nitrogen and oxygen atoms in total. The molecule has 2 aromatic carbocycles. The van der Waals surface area contributed by atoms with E-state index >= 15 is 0 Å². The Kier molecular flexibility index (Phi) is 8.52. The van der Waals surface area contributed by atoms with Crippen molar-refractivity contribution in [2.24, 2.45) is 0 Å². The van der Waals surface area contributed by atoms with Crippen LogP contribution in [0.5, 0.6) is 11.5 Å². The molecule has 1 atom stereocenters. The SMILES string of the molecule is COc1cccc(CNC(C)CCc2ccccc2)c1OC.Cl. The summed E-state index contributed by atoms with van der Waals surface area (Å²) in [5.74, 6) is 1.59. The third-order valence-corrected chi connectivity index (χ3v) is 3.83. The van der Waals surface area contributed by atoms with Crippen molar-refractivity contribution in [3.8, 4) is 11.5 Å². The summed E-state index contributed by atoms with van der Waals surface area (Å²) < 4.78 is 10.8. The Hall–Kier alpha value is -1.71. The second-order valence-electron chi connectivity index (χ2n) is 5.46. The molecule has 0 spiro atoms. The molecule has 0 aliphatic rings. The van der Waals surface area contributed by atoms with Crippen molar-refractivity contribution in [1.82, 2.24) is 5.32 Å². The zero-order chi connectivity index (χ0) is 15.8. The molecule has 0 heterocycles. The Balaban J connectivity index is 0.00000264. The zero-order valence-corrected chi connectivity index (χ0v) is 14.9. The summed E-state index contributed by atoms with van der Waals surface area (Å²) in [4.78, 5) is 0. The van der Waals surface area contributed by atoms with Gasteiger partial charge in [0.1, 0.15) is 0 Å². The standard InChI is InChI=1S/C19H25NO2.ClH/c1-15(12-13-16-8-5-4-6-9-16)20-14-17-10-7-11-18(21-2)19(17)22-3;/h4-11,15,20H,12-14H2,1-3H3;1H. The molecule has 0 saturated heterocycles. The van der Waals surface area contributed by atoms with Crippen LogP contribution in [0.3, 0.4) is 0 Å². The van der Waals surface area contributed by atoms with Crippen molar-refractivity contribution in [3.05, 3.63) is 59.7 Å². The highest BCUT2D eigenvalue weighted by Gasteiger charge is 2.10. The van der Waals surface area contributed by atoms with Crippen molar-refractivity contribution in [3.63, 3.8) is 0 Å². The van der Waals surface area contributed by atoms with E-state index in [2.05, 4.69) is 48.6 Å². The molecule has 0 aliphatic carbocycles. The fourth-order valence-electron chi connectivity index (χ4n) is 2.51. The molecule has 0 fully saturated rings. The molecule has 1 N–H and O–H groups in total. The van der Waals surface area contributed by atoms with E-state index in [-0.39, 0.29) is 12.4 Å². The van der Waals surface area contributed by atoms with Gasteiger partial charge in [0.05, 0.1) is 14.2 Å². The molecule has 2 rings (SSSR count). The number of nitrogens with one attached hydrogen (secondary N) is 1. The van der Waals surface area contributed by atoms with Gasteiger partial charge in [-0.1, -0.05) is 42.5 Å². The minimum absolute atomic E-state index is 0. The lowest BCUT2D eigenvalue weighted by Crippen LogP contribution is -2.26. The van der Waals surface area contributed by atoms with Gasteiger partial charge in [-0.15, -0.1) is 12.4 Å². The molecule has 126 valence electrons. The maximum absolute atomic E-state index is 5.46. The molecule has 0 aromatic heterocycles. The van der Waals surface area contributed by atoms with Crippen molar-refractivity contribution in [2.45, 2.75) is 32.4 Å². The quantitative estimate of drug-likeness (QED) is 0.782. The van der Waals surface area contributed by atoms with Crippen molar-refractivity contribution >= 4 is 12.4 Å². The van der Waals surface area contributed by atoms with Gasteiger partial charge in [0.25, 0.3) is 0 Å². The van der Waals surface area contributed by atoms with Crippen LogP contribution >= 0.6 is 12.4 Å². The molecule has 1 unspecified atom stereocenters. The van der Waals surface area contributed by atoms with E-state index < -0.39 is 0 Å². The third kappa shape index (κ3) is 5.77. The highest BCUT2D eigenvalue weighted by molar-refractivity contribution is 5.85. The highest BCUT2D eigenvalue weighted by atomic mass is 35.5. The Morgan fingerprint density at radius 1 is 0.957 bits per heavy atom. The van der Waals surface area contributed by atoms with Crippen LogP contribution in [0.25, 0.3) is 0 Å². The summed E-state index contributed by atoms with van der Waals surface area (Å²) in [6.07, 6.45) is 2.19. The molecule has 2 aromatic rings. The predicted octanol–water partition coefficient (Wildman–Crippen LogP) is 4.24. The van der Waals surface area contributed by atoms with Crippen LogP contribution in [0.2, 0.25) is 0 Å². The number of aryl methyl sites for hydroxylation is 1. The summed E-state index contributed by atoms with van der Waals surface area (Å²) in [5.41, 5.74) is 2.50. The topological polar surface area (TPSA) is 30.5 Å². The van der Waals surface area contributed by atoms with Gasteiger partial charge in [-0.2, -0.15) is 0 Å². The van der Waals surface area contributed by atoms with Gasteiger partial charge < -0.3 is 14.8 Å². The van der Waals surface area contributed by atoms with E-state index in [1.165, 1.54) is 5.56 Å². The number of hydrogen-bond donors (Lipinski definition) is 1. The third-order valence-electron chi connectivity index (χ3n) is 3.83. The van der Waals surface area contributed by atoms with Crippen LogP contribution in [-0.4, -0.2) is 20.3 Å². The molecule has 4 heteroatoms. The van der Waals surface area contributed by atoms with E-state index in [1.807, 2.05) is 12.1 Å². The molecule has 0 aliphatic heterocycles. The fourth-order valence-corrected chi connectivity index (χ4v) is 2.51. The van der Waals surface area contributed by atoms with Crippen LogP contribution in [-0.2, 0) is 13.0 Å². The minimum atomic E-state index is 0. The van der Waals surface area contributed by atoms with Gasteiger partial charge in [0.15, 0.2) is 11.5 Å². The lowest BCUT2D eigenvalue weighted by atomic mass is 10.1. The first kappa shape index (κ1) is 19.3. The predicted molar refractivity (Wildman–Crippen MR) is 97.9 cm³/mol. The normalized spacial score (nSPS) is 11.4. The summed E-state index contributed by atoms with van der Waals surface area (Å²) in [6, 6.07) is 17.0. The first-order valence-corrected chi connectivity index (χ1v) is 7.71. The zero-order valence-electron chi connectivity index (χ0n) is 14.0. The van der Waals surface area contributed by atoms with Crippen molar-refractivity contribution in [2.75, 3.05) is 14.2 Å². The number of hydrogen-bond acceptors (Lipinski definition) is 3. The number of benzene rings is 2. The Morgan fingerprint density at radius 2 is 1.70 bits per heavy atom. The Bertz CT molecular complexity index is 575. The Labute approximate surface area is 145 Å². The van der Waals surface area contributed by atoms with Crippen LogP contribution in [0, 0.1) is 0 Å². The summed E-state index contributed by atoms with van der Waals surface area (Å²) in [6.45, 7) is 2.99. The van der Waals surface area contributed by atoms with Gasteiger partial charge in [-0.25, -0.2) is 0 Å². The summed E-state index contributed by atoms with van der Waals surface area (Å²) in [7, 11) is 3.34. The van der Waals surface area contributed by atoms with Crippen molar-refractivity contribution in [1.29, 1.82) is 0 Å². The molecule has 0 saturated carbocycles. The second kappa shape index (κ2) is 10.1.